The van der Waals surface area contributed by atoms with E-state index < -0.39 is 10.9 Å². The van der Waals surface area contributed by atoms with Crippen molar-refractivity contribution in [2.24, 2.45) is 11.5 Å². The number of alkyl halides is 1. The van der Waals surface area contributed by atoms with E-state index in [1.807, 2.05) is 6.07 Å². The van der Waals surface area contributed by atoms with Crippen molar-refractivity contribution in [3.63, 3.8) is 0 Å². The lowest BCUT2D eigenvalue weighted by Crippen LogP contribution is -2.50. The third-order valence-corrected chi connectivity index (χ3v) is 4.45. The first-order valence-corrected chi connectivity index (χ1v) is 5.96. The molecule has 0 fully saturated rings. The maximum Gasteiger partial charge on any atom is 0.163 e. The number of nitrogens with two attached hydrogens (primary N) is 2. The zero-order chi connectivity index (χ0) is 12.5. The Morgan fingerprint density at radius 2 is 1.94 bits per heavy atom. The Bertz CT molecular complexity index is 409. The van der Waals surface area contributed by atoms with E-state index in [0.29, 0.717) is 18.5 Å². The van der Waals surface area contributed by atoms with Crippen molar-refractivity contribution < 1.29 is 0 Å². The van der Waals surface area contributed by atoms with Gasteiger partial charge in [0.2, 0.25) is 0 Å². The second-order valence-corrected chi connectivity index (χ2v) is 4.94. The summed E-state index contributed by atoms with van der Waals surface area (Å²) < 4.78 is 0. The number of halogens is 4. The highest BCUT2D eigenvalue weighted by molar-refractivity contribution is 6.46. The Hall–Kier alpha value is 0.0500. The number of nitriles is 1. The summed E-state index contributed by atoms with van der Waals surface area (Å²) in [7, 11) is 0. The van der Waals surface area contributed by atoms with Gasteiger partial charge in [0.05, 0.1) is 16.1 Å². The van der Waals surface area contributed by atoms with Crippen molar-refractivity contribution in [1.82, 2.24) is 0 Å². The van der Waals surface area contributed by atoms with E-state index in [1.54, 1.807) is 0 Å². The van der Waals surface area contributed by atoms with Gasteiger partial charge in [0.25, 0.3) is 0 Å². The van der Waals surface area contributed by atoms with E-state index >= 15 is 0 Å². The molecule has 0 heterocycles. The summed E-state index contributed by atoms with van der Waals surface area (Å²) in [5.41, 5.74) is 10.1. The minimum atomic E-state index is -1.59. The molecule has 0 aromatic rings. The summed E-state index contributed by atoms with van der Waals surface area (Å²) >= 11 is 24.0. The predicted molar refractivity (Wildman–Crippen MR) is 67.5 cm³/mol. The van der Waals surface area contributed by atoms with Crippen LogP contribution < -0.4 is 11.5 Å². The first-order chi connectivity index (χ1) is 7.40. The molecule has 0 bridgehead atoms. The number of allylic oxidation sites excluding steroid dienone is 1. The summed E-state index contributed by atoms with van der Waals surface area (Å²) in [4.78, 5) is 0. The zero-order valence-electron chi connectivity index (χ0n) is 8.11. The molecule has 88 valence electrons. The summed E-state index contributed by atoms with van der Waals surface area (Å²) in [6.07, 6.45) is 0.429. The van der Waals surface area contributed by atoms with Gasteiger partial charge >= 0.3 is 0 Å². The highest BCUT2D eigenvalue weighted by Gasteiger charge is 2.45. The fourth-order valence-corrected chi connectivity index (χ4v) is 2.74. The fourth-order valence-electron chi connectivity index (χ4n) is 1.36. The van der Waals surface area contributed by atoms with Gasteiger partial charge in [-0.2, -0.15) is 5.26 Å². The maximum atomic E-state index is 9.00. The molecular weight excluding hydrogens is 292 g/mol. The third-order valence-electron chi connectivity index (χ3n) is 2.31. The number of hydrogen-bond donors (Lipinski definition) is 2. The van der Waals surface area contributed by atoms with Crippen LogP contribution in [0.2, 0.25) is 0 Å². The molecule has 4 N–H and O–H groups in total. The second-order valence-electron chi connectivity index (χ2n) is 3.34. The van der Waals surface area contributed by atoms with Gasteiger partial charge in [0.1, 0.15) is 5.38 Å². The topological polar surface area (TPSA) is 75.8 Å². The number of hydrogen-bond acceptors (Lipinski definition) is 3. The zero-order valence-corrected chi connectivity index (χ0v) is 11.1. The Kier molecular flexibility index (Phi) is 4.53. The highest BCUT2D eigenvalue weighted by atomic mass is 35.5. The molecular formula is C9H9Cl4N3. The monoisotopic (exact) mass is 299 g/mol. The van der Waals surface area contributed by atoms with Gasteiger partial charge in [-0.3, -0.25) is 0 Å². The Morgan fingerprint density at radius 1 is 1.38 bits per heavy atom. The molecule has 0 saturated carbocycles. The van der Waals surface area contributed by atoms with Gasteiger partial charge in [-0.25, -0.2) is 0 Å². The van der Waals surface area contributed by atoms with Gasteiger partial charge in [-0.05, 0) is 18.5 Å². The average molecular weight is 301 g/mol. The molecule has 0 saturated heterocycles. The lowest BCUT2D eigenvalue weighted by Gasteiger charge is -2.32. The largest absolute Gasteiger partial charge is 0.330 e. The molecule has 16 heavy (non-hydrogen) atoms. The quantitative estimate of drug-likeness (QED) is 0.769. The molecule has 1 rings (SSSR count). The van der Waals surface area contributed by atoms with Crippen LogP contribution in [0.1, 0.15) is 6.42 Å². The second kappa shape index (κ2) is 5.14. The molecule has 0 aromatic carbocycles. The van der Waals surface area contributed by atoms with Gasteiger partial charge in [0.15, 0.2) is 5.54 Å². The van der Waals surface area contributed by atoms with Crippen molar-refractivity contribution in [1.29, 1.82) is 5.26 Å². The van der Waals surface area contributed by atoms with Gasteiger partial charge in [-0.15, -0.1) is 11.6 Å². The molecule has 2 atom stereocenters. The molecule has 1 aliphatic carbocycles. The molecule has 0 radical (unpaired) electrons. The first-order valence-electron chi connectivity index (χ1n) is 4.39. The summed E-state index contributed by atoms with van der Waals surface area (Å²) in [5.74, 6) is 0. The van der Waals surface area contributed by atoms with Crippen LogP contribution >= 0.6 is 46.4 Å². The lowest BCUT2D eigenvalue weighted by atomic mass is 9.88. The number of rotatable bonds is 2. The van der Waals surface area contributed by atoms with E-state index in [9.17, 15) is 0 Å². The van der Waals surface area contributed by atoms with Crippen LogP contribution in [0.3, 0.4) is 0 Å². The van der Waals surface area contributed by atoms with Crippen molar-refractivity contribution in [2.75, 3.05) is 6.54 Å². The van der Waals surface area contributed by atoms with Gasteiger partial charge in [0, 0.05) is 5.03 Å². The van der Waals surface area contributed by atoms with Gasteiger partial charge in [-0.1, -0.05) is 34.8 Å². The first kappa shape index (κ1) is 14.1. The molecule has 7 heteroatoms. The van der Waals surface area contributed by atoms with Crippen molar-refractivity contribution in [3.05, 3.63) is 20.7 Å². The van der Waals surface area contributed by atoms with E-state index in [4.69, 9.17) is 63.1 Å². The van der Waals surface area contributed by atoms with E-state index in [1.165, 1.54) is 0 Å². The average Bonchev–Trinajstić information content (AvgIpc) is 2.29. The summed E-state index contributed by atoms with van der Waals surface area (Å²) in [6, 6.07) is 1.83. The van der Waals surface area contributed by atoms with Crippen LogP contribution in [0.4, 0.5) is 0 Å². The highest BCUT2D eigenvalue weighted by Crippen LogP contribution is 2.44. The van der Waals surface area contributed by atoms with E-state index in [0.717, 1.165) is 0 Å². The van der Waals surface area contributed by atoms with Crippen molar-refractivity contribution in [2.45, 2.75) is 17.3 Å². The van der Waals surface area contributed by atoms with Crippen molar-refractivity contribution in [3.8, 4) is 6.07 Å². The van der Waals surface area contributed by atoms with Crippen LogP contribution in [-0.2, 0) is 0 Å². The summed E-state index contributed by atoms with van der Waals surface area (Å²) in [6.45, 7) is 0.347. The van der Waals surface area contributed by atoms with E-state index in [2.05, 4.69) is 0 Å². The van der Waals surface area contributed by atoms with Crippen molar-refractivity contribution >= 4 is 46.4 Å². The molecule has 0 aromatic heterocycles. The molecule has 0 spiro atoms. The molecule has 0 amide bonds. The van der Waals surface area contributed by atoms with Crippen LogP contribution in [0.15, 0.2) is 20.7 Å². The predicted octanol–water partition coefficient (Wildman–Crippen LogP) is 2.36. The Balaban J connectivity index is 3.35. The third kappa shape index (κ3) is 2.06. The standard InChI is InChI=1S/C9H9Cl4N3/c10-5-4(1-2-14)6(11)8(13)9(16,3-15)7(5)12/h7H,1-2,14,16H2. The lowest BCUT2D eigenvalue weighted by molar-refractivity contribution is 0.651. The van der Waals surface area contributed by atoms with Crippen LogP contribution in [-0.4, -0.2) is 17.5 Å². The Labute approximate surface area is 114 Å². The minimum Gasteiger partial charge on any atom is -0.330 e. The Morgan fingerprint density at radius 3 is 2.38 bits per heavy atom. The number of nitrogens with zero attached hydrogens (tertiary/aromatic N) is 1. The molecule has 2 unspecified atom stereocenters. The molecule has 3 nitrogen and oxygen atoms in total. The SMILES string of the molecule is N#CC1(N)C(Cl)=C(Cl)C(CCN)=C(Cl)C1Cl. The molecule has 0 aliphatic heterocycles. The van der Waals surface area contributed by atoms with Crippen LogP contribution in [0, 0.1) is 11.3 Å². The fraction of sp³-hybridized carbons (Fsp3) is 0.444. The summed E-state index contributed by atoms with van der Waals surface area (Å²) in [5, 5.41) is 8.48. The van der Waals surface area contributed by atoms with Gasteiger partial charge < -0.3 is 11.5 Å². The van der Waals surface area contributed by atoms with E-state index in [-0.39, 0.29) is 15.1 Å². The normalized spacial score (nSPS) is 30.7. The maximum absolute atomic E-state index is 9.00. The van der Waals surface area contributed by atoms with Crippen LogP contribution in [0.5, 0.6) is 0 Å². The van der Waals surface area contributed by atoms with Crippen LogP contribution in [0.25, 0.3) is 0 Å². The molecule has 1 aliphatic rings. The minimum absolute atomic E-state index is 0.00418. The smallest absolute Gasteiger partial charge is 0.163 e.